The molecular formula is C17H27ClN2. The number of hydrogen-bond acceptors (Lipinski definition) is 2. The summed E-state index contributed by atoms with van der Waals surface area (Å²) in [4.78, 5) is 2.64. The Labute approximate surface area is 128 Å². The molecule has 0 spiro atoms. The third-order valence-electron chi connectivity index (χ3n) is 4.70. The van der Waals surface area contributed by atoms with Crippen molar-refractivity contribution in [2.45, 2.75) is 51.1 Å². The van der Waals surface area contributed by atoms with Crippen molar-refractivity contribution in [1.29, 1.82) is 0 Å². The van der Waals surface area contributed by atoms with Crippen LogP contribution in [0.5, 0.6) is 0 Å². The summed E-state index contributed by atoms with van der Waals surface area (Å²) in [6.07, 6.45) is 5.06. The Morgan fingerprint density at radius 2 is 1.95 bits per heavy atom. The third kappa shape index (κ3) is 3.75. The standard InChI is InChI=1S/C17H27ClN2/c1-17(2,20-10-5-4-6-11-20)16(19-3)13-14-8-7-9-15(18)12-14/h7-9,12,16,19H,4-6,10-11,13H2,1-3H3. The van der Waals surface area contributed by atoms with Crippen molar-refractivity contribution in [1.82, 2.24) is 10.2 Å². The third-order valence-corrected chi connectivity index (χ3v) is 4.94. The van der Waals surface area contributed by atoms with E-state index in [-0.39, 0.29) is 5.54 Å². The van der Waals surface area contributed by atoms with Crippen LogP contribution in [-0.2, 0) is 6.42 Å². The molecule has 0 aliphatic carbocycles. The number of nitrogens with one attached hydrogen (secondary N) is 1. The first-order chi connectivity index (χ1) is 9.54. The second-order valence-corrected chi connectivity index (χ2v) is 6.81. The molecule has 1 aromatic rings. The monoisotopic (exact) mass is 294 g/mol. The van der Waals surface area contributed by atoms with E-state index < -0.39 is 0 Å². The first-order valence-electron chi connectivity index (χ1n) is 7.71. The molecule has 0 saturated carbocycles. The Kier molecular flexibility index (Phi) is 5.48. The number of benzene rings is 1. The smallest absolute Gasteiger partial charge is 0.0408 e. The van der Waals surface area contributed by atoms with Gasteiger partial charge in [0.25, 0.3) is 0 Å². The van der Waals surface area contributed by atoms with Gasteiger partial charge in [0.15, 0.2) is 0 Å². The van der Waals surface area contributed by atoms with Crippen molar-refractivity contribution in [2.75, 3.05) is 20.1 Å². The molecule has 1 atom stereocenters. The highest BCUT2D eigenvalue weighted by Gasteiger charge is 2.35. The molecule has 1 heterocycles. The van der Waals surface area contributed by atoms with Crippen molar-refractivity contribution in [2.24, 2.45) is 0 Å². The lowest BCUT2D eigenvalue weighted by Gasteiger charge is -2.46. The van der Waals surface area contributed by atoms with Crippen LogP contribution in [0.25, 0.3) is 0 Å². The Hall–Kier alpha value is -0.570. The van der Waals surface area contributed by atoms with Crippen molar-refractivity contribution in [3.05, 3.63) is 34.9 Å². The molecule has 2 nitrogen and oxygen atoms in total. The van der Waals surface area contributed by atoms with Crippen LogP contribution >= 0.6 is 11.6 Å². The summed E-state index contributed by atoms with van der Waals surface area (Å²) in [6, 6.07) is 8.66. The van der Waals surface area contributed by atoms with Gasteiger partial charge in [-0.2, -0.15) is 0 Å². The van der Waals surface area contributed by atoms with Crippen LogP contribution in [0.4, 0.5) is 0 Å². The lowest BCUT2D eigenvalue weighted by atomic mass is 9.86. The molecule has 1 unspecified atom stereocenters. The topological polar surface area (TPSA) is 15.3 Å². The molecule has 1 saturated heterocycles. The van der Waals surface area contributed by atoms with E-state index in [0.29, 0.717) is 6.04 Å². The molecular weight excluding hydrogens is 268 g/mol. The van der Waals surface area contributed by atoms with Gasteiger partial charge in [-0.25, -0.2) is 0 Å². The zero-order chi connectivity index (χ0) is 14.6. The Morgan fingerprint density at radius 3 is 2.55 bits per heavy atom. The lowest BCUT2D eigenvalue weighted by Crippen LogP contribution is -2.59. The van der Waals surface area contributed by atoms with Crippen LogP contribution < -0.4 is 5.32 Å². The summed E-state index contributed by atoms with van der Waals surface area (Å²) in [6.45, 7) is 7.18. The molecule has 112 valence electrons. The molecule has 0 radical (unpaired) electrons. The second kappa shape index (κ2) is 6.93. The molecule has 1 N–H and O–H groups in total. The summed E-state index contributed by atoms with van der Waals surface area (Å²) in [7, 11) is 2.07. The van der Waals surface area contributed by atoms with Crippen LogP contribution in [0.1, 0.15) is 38.7 Å². The van der Waals surface area contributed by atoms with Gasteiger partial charge in [0.1, 0.15) is 0 Å². The molecule has 1 aromatic carbocycles. The van der Waals surface area contributed by atoms with Gasteiger partial charge in [0.2, 0.25) is 0 Å². The Bertz CT molecular complexity index is 425. The fraction of sp³-hybridized carbons (Fsp3) is 0.647. The fourth-order valence-electron chi connectivity index (χ4n) is 3.30. The van der Waals surface area contributed by atoms with Gasteiger partial charge < -0.3 is 5.32 Å². The summed E-state index contributed by atoms with van der Waals surface area (Å²) in [5.74, 6) is 0. The molecule has 1 fully saturated rings. The number of rotatable bonds is 5. The van der Waals surface area contributed by atoms with Crippen molar-refractivity contribution >= 4 is 11.6 Å². The highest BCUT2D eigenvalue weighted by Crippen LogP contribution is 2.26. The van der Waals surface area contributed by atoms with E-state index in [4.69, 9.17) is 11.6 Å². The zero-order valence-electron chi connectivity index (χ0n) is 13.0. The molecule has 0 aromatic heterocycles. The van der Waals surface area contributed by atoms with Gasteiger partial charge in [0.05, 0.1) is 0 Å². The average Bonchev–Trinajstić information content (AvgIpc) is 2.45. The largest absolute Gasteiger partial charge is 0.315 e. The number of halogens is 1. The van der Waals surface area contributed by atoms with E-state index in [0.717, 1.165) is 11.4 Å². The van der Waals surface area contributed by atoms with E-state index in [1.165, 1.54) is 37.9 Å². The van der Waals surface area contributed by atoms with Gasteiger partial charge >= 0.3 is 0 Å². The van der Waals surface area contributed by atoms with E-state index in [1.807, 2.05) is 12.1 Å². The average molecular weight is 295 g/mol. The highest BCUT2D eigenvalue weighted by atomic mass is 35.5. The molecule has 0 amide bonds. The van der Waals surface area contributed by atoms with Crippen LogP contribution in [0.15, 0.2) is 24.3 Å². The lowest BCUT2D eigenvalue weighted by molar-refractivity contribution is 0.0635. The summed E-state index contributed by atoms with van der Waals surface area (Å²) < 4.78 is 0. The van der Waals surface area contributed by atoms with Crippen molar-refractivity contribution in [3.63, 3.8) is 0 Å². The predicted octanol–water partition coefficient (Wildman–Crippen LogP) is 3.74. The molecule has 1 aliphatic heterocycles. The number of likely N-dealkylation sites (tertiary alicyclic amines) is 1. The van der Waals surface area contributed by atoms with Crippen LogP contribution in [0.2, 0.25) is 5.02 Å². The number of piperidine rings is 1. The SMILES string of the molecule is CNC(Cc1cccc(Cl)c1)C(C)(C)N1CCCCC1. The summed E-state index contributed by atoms with van der Waals surface area (Å²) in [5, 5.41) is 4.35. The highest BCUT2D eigenvalue weighted by molar-refractivity contribution is 6.30. The van der Waals surface area contributed by atoms with Crippen LogP contribution in [0, 0.1) is 0 Å². The summed E-state index contributed by atoms with van der Waals surface area (Å²) in [5.41, 5.74) is 1.47. The van der Waals surface area contributed by atoms with Gasteiger partial charge in [-0.15, -0.1) is 0 Å². The molecule has 3 heteroatoms. The maximum absolute atomic E-state index is 6.10. The van der Waals surface area contributed by atoms with Crippen molar-refractivity contribution < 1.29 is 0 Å². The molecule has 1 aliphatic rings. The molecule has 0 bridgehead atoms. The van der Waals surface area contributed by atoms with Gasteiger partial charge in [-0.05, 0) is 70.9 Å². The van der Waals surface area contributed by atoms with E-state index in [9.17, 15) is 0 Å². The molecule has 20 heavy (non-hydrogen) atoms. The second-order valence-electron chi connectivity index (χ2n) is 6.38. The minimum atomic E-state index is 0.164. The first-order valence-corrected chi connectivity index (χ1v) is 8.08. The van der Waals surface area contributed by atoms with Gasteiger partial charge in [-0.3, -0.25) is 4.90 Å². The Morgan fingerprint density at radius 1 is 1.25 bits per heavy atom. The number of likely N-dealkylation sites (N-methyl/N-ethyl adjacent to an activating group) is 1. The number of hydrogen-bond donors (Lipinski definition) is 1. The fourth-order valence-corrected chi connectivity index (χ4v) is 3.51. The quantitative estimate of drug-likeness (QED) is 0.890. The number of nitrogens with zero attached hydrogens (tertiary/aromatic N) is 1. The zero-order valence-corrected chi connectivity index (χ0v) is 13.7. The van der Waals surface area contributed by atoms with Gasteiger partial charge in [0, 0.05) is 16.6 Å². The van der Waals surface area contributed by atoms with E-state index in [2.05, 4.69) is 43.2 Å². The van der Waals surface area contributed by atoms with Crippen LogP contribution in [0.3, 0.4) is 0 Å². The maximum atomic E-state index is 6.10. The normalized spacial score (nSPS) is 19.0. The van der Waals surface area contributed by atoms with E-state index >= 15 is 0 Å². The minimum absolute atomic E-state index is 0.164. The van der Waals surface area contributed by atoms with Crippen molar-refractivity contribution in [3.8, 4) is 0 Å². The molecule has 2 rings (SSSR count). The maximum Gasteiger partial charge on any atom is 0.0408 e. The summed E-state index contributed by atoms with van der Waals surface area (Å²) >= 11 is 6.10. The van der Waals surface area contributed by atoms with Gasteiger partial charge in [-0.1, -0.05) is 30.2 Å². The Balaban J connectivity index is 2.09. The predicted molar refractivity (Wildman–Crippen MR) is 87.5 cm³/mol. The first kappa shape index (κ1) is 15.8. The van der Waals surface area contributed by atoms with Crippen LogP contribution in [-0.4, -0.2) is 36.6 Å². The van der Waals surface area contributed by atoms with E-state index in [1.54, 1.807) is 0 Å². The minimum Gasteiger partial charge on any atom is -0.315 e.